The average Bonchev–Trinajstić information content (AvgIpc) is 3.10. The Hall–Kier alpha value is -1.31. The molecule has 0 bridgehead atoms. The van der Waals surface area contributed by atoms with Crippen LogP contribution in [0.3, 0.4) is 0 Å². The van der Waals surface area contributed by atoms with Crippen LogP contribution in [-0.4, -0.2) is 45.2 Å². The van der Waals surface area contributed by atoms with Crippen molar-refractivity contribution in [2.75, 3.05) is 24.7 Å². The zero-order valence-electron chi connectivity index (χ0n) is 12.8. The summed E-state index contributed by atoms with van der Waals surface area (Å²) in [5, 5.41) is 14.5. The molecule has 0 aliphatic rings. The number of nitrogens with one attached hydrogen (secondary N) is 1. The van der Waals surface area contributed by atoms with Gasteiger partial charge in [0.25, 0.3) is 5.91 Å². The van der Waals surface area contributed by atoms with E-state index in [1.54, 1.807) is 29.3 Å². The molecule has 5 nitrogen and oxygen atoms in total. The summed E-state index contributed by atoms with van der Waals surface area (Å²) in [5.41, 5.74) is 2.63. The number of aryl methyl sites for hydroxylation is 1. The fourth-order valence-corrected chi connectivity index (χ4v) is 3.75. The second-order valence-electron chi connectivity index (χ2n) is 4.88. The fourth-order valence-electron chi connectivity index (χ4n) is 2.21. The lowest BCUT2D eigenvalue weighted by atomic mass is 10.2. The number of rotatable bonds is 8. The third-order valence-electron chi connectivity index (χ3n) is 3.27. The summed E-state index contributed by atoms with van der Waals surface area (Å²) >= 11 is 3.29. The van der Waals surface area contributed by atoms with Gasteiger partial charge in [-0.3, -0.25) is 9.36 Å². The Morgan fingerprint density at radius 3 is 2.95 bits per heavy atom. The molecule has 22 heavy (non-hydrogen) atoms. The molecule has 0 unspecified atom stereocenters. The summed E-state index contributed by atoms with van der Waals surface area (Å²) in [6.45, 7) is 4.78. The van der Waals surface area contributed by atoms with Gasteiger partial charge in [-0.25, -0.2) is 4.98 Å². The van der Waals surface area contributed by atoms with E-state index < -0.39 is 0 Å². The van der Waals surface area contributed by atoms with Gasteiger partial charge in [-0.1, -0.05) is 0 Å². The Labute approximate surface area is 138 Å². The molecular formula is C15H21N3O2S2. The number of hydrogen-bond donors (Lipinski definition) is 2. The summed E-state index contributed by atoms with van der Waals surface area (Å²) in [5.74, 6) is 1.74. The van der Waals surface area contributed by atoms with Crippen molar-refractivity contribution in [1.82, 2.24) is 14.9 Å². The van der Waals surface area contributed by atoms with Crippen molar-refractivity contribution in [1.29, 1.82) is 0 Å². The van der Waals surface area contributed by atoms with Crippen LogP contribution in [0.25, 0.3) is 5.13 Å². The Bertz CT molecular complexity index is 609. The molecule has 120 valence electrons. The summed E-state index contributed by atoms with van der Waals surface area (Å²) in [6, 6.07) is 1.91. The highest BCUT2D eigenvalue weighted by Crippen LogP contribution is 2.22. The van der Waals surface area contributed by atoms with Crippen molar-refractivity contribution in [3.05, 3.63) is 34.6 Å². The number of aliphatic hydroxyl groups excluding tert-OH is 1. The number of thioether (sulfide) groups is 1. The van der Waals surface area contributed by atoms with Crippen molar-refractivity contribution in [2.45, 2.75) is 20.3 Å². The van der Waals surface area contributed by atoms with Gasteiger partial charge in [0.05, 0.1) is 5.56 Å². The van der Waals surface area contributed by atoms with Crippen LogP contribution in [0.4, 0.5) is 0 Å². The quantitative estimate of drug-likeness (QED) is 0.725. The molecule has 0 aromatic carbocycles. The number of hydrogen-bond acceptors (Lipinski definition) is 5. The van der Waals surface area contributed by atoms with E-state index in [0.29, 0.717) is 12.1 Å². The highest BCUT2D eigenvalue weighted by molar-refractivity contribution is 7.99. The minimum Gasteiger partial charge on any atom is -0.396 e. The molecule has 1 amide bonds. The molecule has 0 saturated carbocycles. The van der Waals surface area contributed by atoms with Crippen LogP contribution in [-0.2, 0) is 0 Å². The van der Waals surface area contributed by atoms with Gasteiger partial charge in [-0.05, 0) is 32.1 Å². The van der Waals surface area contributed by atoms with Crippen LogP contribution in [0.2, 0.25) is 0 Å². The van der Waals surface area contributed by atoms with Gasteiger partial charge in [0.1, 0.15) is 0 Å². The van der Waals surface area contributed by atoms with Crippen LogP contribution < -0.4 is 5.32 Å². The molecule has 0 saturated heterocycles. The van der Waals surface area contributed by atoms with E-state index in [4.69, 9.17) is 5.11 Å². The first-order valence-electron chi connectivity index (χ1n) is 7.20. The normalized spacial score (nSPS) is 10.9. The molecule has 0 aliphatic carbocycles. The van der Waals surface area contributed by atoms with E-state index in [2.05, 4.69) is 10.3 Å². The smallest absolute Gasteiger partial charge is 0.253 e. The molecule has 0 aliphatic heterocycles. The highest BCUT2D eigenvalue weighted by Gasteiger charge is 2.17. The Morgan fingerprint density at radius 1 is 1.45 bits per heavy atom. The Kier molecular flexibility index (Phi) is 6.48. The molecule has 2 aromatic heterocycles. The molecule has 0 fully saturated rings. The number of aromatic nitrogens is 2. The van der Waals surface area contributed by atoms with E-state index in [9.17, 15) is 4.79 Å². The van der Waals surface area contributed by atoms with Crippen LogP contribution in [0.5, 0.6) is 0 Å². The zero-order valence-corrected chi connectivity index (χ0v) is 14.5. The van der Waals surface area contributed by atoms with E-state index >= 15 is 0 Å². The standard InChI is InChI=1S/C15H21N3O2S2/c1-11-10-13(12(2)18(11)15-17-5-9-22-15)14(20)16-4-8-21-7-3-6-19/h5,9-10,19H,3-4,6-8H2,1-2H3,(H,16,20). The van der Waals surface area contributed by atoms with Crippen molar-refractivity contribution < 1.29 is 9.90 Å². The summed E-state index contributed by atoms with van der Waals surface area (Å²) in [4.78, 5) is 16.6. The highest BCUT2D eigenvalue weighted by atomic mass is 32.2. The van der Waals surface area contributed by atoms with Crippen LogP contribution >= 0.6 is 23.1 Å². The van der Waals surface area contributed by atoms with Crippen LogP contribution in [0.1, 0.15) is 28.2 Å². The average molecular weight is 339 g/mol. The molecule has 7 heteroatoms. The molecule has 2 heterocycles. The first kappa shape index (κ1) is 17.1. The van der Waals surface area contributed by atoms with Gasteiger partial charge in [0.2, 0.25) is 0 Å². The van der Waals surface area contributed by atoms with E-state index in [0.717, 1.165) is 34.4 Å². The predicted octanol–water partition coefficient (Wildman–Crippen LogP) is 2.40. The van der Waals surface area contributed by atoms with Gasteiger partial charge < -0.3 is 10.4 Å². The fraction of sp³-hybridized carbons (Fsp3) is 0.467. The third-order valence-corrected chi connectivity index (χ3v) is 5.09. The van der Waals surface area contributed by atoms with Gasteiger partial charge in [0.15, 0.2) is 5.13 Å². The molecule has 0 radical (unpaired) electrons. The zero-order chi connectivity index (χ0) is 15.9. The topological polar surface area (TPSA) is 67.2 Å². The number of aliphatic hydroxyl groups is 1. The molecule has 2 aromatic rings. The summed E-state index contributed by atoms with van der Waals surface area (Å²) in [6.07, 6.45) is 2.57. The number of carbonyl (C=O) groups excluding carboxylic acids is 1. The molecule has 0 atom stereocenters. The monoisotopic (exact) mass is 339 g/mol. The number of nitrogens with zero attached hydrogens (tertiary/aromatic N) is 2. The first-order chi connectivity index (χ1) is 10.6. The number of thiazole rings is 1. The maximum atomic E-state index is 12.3. The van der Waals surface area contributed by atoms with Crippen LogP contribution in [0.15, 0.2) is 17.6 Å². The van der Waals surface area contributed by atoms with Crippen LogP contribution in [0, 0.1) is 13.8 Å². The van der Waals surface area contributed by atoms with E-state index in [1.807, 2.05) is 29.9 Å². The summed E-state index contributed by atoms with van der Waals surface area (Å²) in [7, 11) is 0. The van der Waals surface area contributed by atoms with Gasteiger partial charge in [-0.2, -0.15) is 11.8 Å². The Balaban J connectivity index is 1.95. The summed E-state index contributed by atoms with van der Waals surface area (Å²) < 4.78 is 2.01. The maximum absolute atomic E-state index is 12.3. The van der Waals surface area contributed by atoms with Crippen molar-refractivity contribution in [3.63, 3.8) is 0 Å². The van der Waals surface area contributed by atoms with E-state index in [1.165, 1.54) is 0 Å². The van der Waals surface area contributed by atoms with E-state index in [-0.39, 0.29) is 12.5 Å². The molecule has 2 rings (SSSR count). The first-order valence-corrected chi connectivity index (χ1v) is 9.24. The molecule has 2 N–H and O–H groups in total. The van der Waals surface area contributed by atoms with Gasteiger partial charge >= 0.3 is 0 Å². The largest absolute Gasteiger partial charge is 0.396 e. The Morgan fingerprint density at radius 2 is 2.27 bits per heavy atom. The SMILES string of the molecule is Cc1cc(C(=O)NCCSCCCO)c(C)n1-c1nccs1. The minimum atomic E-state index is -0.0429. The predicted molar refractivity (Wildman–Crippen MR) is 92.3 cm³/mol. The third kappa shape index (κ3) is 4.12. The number of carbonyl (C=O) groups is 1. The van der Waals surface area contributed by atoms with Crippen molar-refractivity contribution in [3.8, 4) is 5.13 Å². The second kappa shape index (κ2) is 8.36. The van der Waals surface area contributed by atoms with Gasteiger partial charge in [0, 0.05) is 41.9 Å². The maximum Gasteiger partial charge on any atom is 0.253 e. The second-order valence-corrected chi connectivity index (χ2v) is 6.98. The minimum absolute atomic E-state index is 0.0429. The lowest BCUT2D eigenvalue weighted by Crippen LogP contribution is -2.26. The lowest BCUT2D eigenvalue weighted by molar-refractivity contribution is 0.0955. The molecule has 0 spiro atoms. The lowest BCUT2D eigenvalue weighted by Gasteiger charge is -2.07. The van der Waals surface area contributed by atoms with Crippen molar-refractivity contribution >= 4 is 29.0 Å². The molecular weight excluding hydrogens is 318 g/mol. The number of amides is 1. The van der Waals surface area contributed by atoms with Gasteiger partial charge in [-0.15, -0.1) is 11.3 Å². The van der Waals surface area contributed by atoms with Crippen molar-refractivity contribution in [2.24, 2.45) is 0 Å².